The molecule has 1 fully saturated rings. The Balaban J connectivity index is 2.28. The van der Waals surface area contributed by atoms with E-state index in [4.69, 9.17) is 5.73 Å². The normalized spacial score (nSPS) is 18.4. The summed E-state index contributed by atoms with van der Waals surface area (Å²) in [5.74, 6) is -1.13. The number of carbonyl (C=O) groups excluding carboxylic acids is 2. The second-order valence-corrected chi connectivity index (χ2v) is 4.50. The molecule has 1 aliphatic heterocycles. The predicted molar refractivity (Wildman–Crippen MR) is 68.9 cm³/mol. The van der Waals surface area contributed by atoms with E-state index in [2.05, 4.69) is 5.32 Å². The second-order valence-electron chi connectivity index (χ2n) is 4.50. The maximum Gasteiger partial charge on any atom is 0.256 e. The van der Waals surface area contributed by atoms with E-state index in [0.29, 0.717) is 13.0 Å². The summed E-state index contributed by atoms with van der Waals surface area (Å²) in [5, 5.41) is 2.53. The van der Waals surface area contributed by atoms with Crippen molar-refractivity contribution < 1.29 is 14.0 Å². The molecule has 1 heterocycles. The molecule has 0 radical (unpaired) electrons. The van der Waals surface area contributed by atoms with Gasteiger partial charge in [0.25, 0.3) is 5.91 Å². The van der Waals surface area contributed by atoms with Crippen LogP contribution in [0, 0.1) is 5.82 Å². The lowest BCUT2D eigenvalue weighted by molar-refractivity contribution is -0.124. The molecule has 0 spiro atoms. The smallest absolute Gasteiger partial charge is 0.256 e. The van der Waals surface area contributed by atoms with Crippen molar-refractivity contribution in [2.45, 2.75) is 18.9 Å². The van der Waals surface area contributed by atoms with E-state index in [-0.39, 0.29) is 17.2 Å². The fourth-order valence-corrected chi connectivity index (χ4v) is 2.32. The number of anilines is 1. The number of halogens is 1. The van der Waals surface area contributed by atoms with Crippen molar-refractivity contribution in [1.29, 1.82) is 0 Å². The van der Waals surface area contributed by atoms with E-state index in [1.807, 2.05) is 0 Å². The first-order valence-corrected chi connectivity index (χ1v) is 6.12. The first-order chi connectivity index (χ1) is 9.04. The van der Waals surface area contributed by atoms with Crippen LogP contribution in [0.15, 0.2) is 18.2 Å². The van der Waals surface area contributed by atoms with Crippen LogP contribution in [0.1, 0.15) is 23.2 Å². The van der Waals surface area contributed by atoms with Crippen LogP contribution >= 0.6 is 0 Å². The summed E-state index contributed by atoms with van der Waals surface area (Å²) in [6.45, 7) is 0.479. The van der Waals surface area contributed by atoms with Gasteiger partial charge in [-0.05, 0) is 31.0 Å². The van der Waals surface area contributed by atoms with Crippen LogP contribution in [-0.4, -0.2) is 36.3 Å². The predicted octanol–water partition coefficient (Wildman–Crippen LogP) is 0.758. The molecule has 0 bridgehead atoms. The van der Waals surface area contributed by atoms with Crippen LogP contribution in [0.3, 0.4) is 0 Å². The third-order valence-electron chi connectivity index (χ3n) is 3.31. The minimum absolute atomic E-state index is 0.107. The number of rotatable bonds is 2. The van der Waals surface area contributed by atoms with Gasteiger partial charge in [-0.2, -0.15) is 0 Å². The van der Waals surface area contributed by atoms with Gasteiger partial charge in [-0.25, -0.2) is 4.39 Å². The van der Waals surface area contributed by atoms with Crippen LogP contribution in [0.4, 0.5) is 10.1 Å². The quantitative estimate of drug-likeness (QED) is 0.775. The molecule has 6 heteroatoms. The Morgan fingerprint density at radius 2 is 2.21 bits per heavy atom. The summed E-state index contributed by atoms with van der Waals surface area (Å²) in [6.07, 6.45) is 1.36. The molecule has 1 saturated heterocycles. The first kappa shape index (κ1) is 13.3. The number of nitrogens with zero attached hydrogens (tertiary/aromatic N) is 1. The largest absolute Gasteiger partial charge is 0.398 e. The van der Waals surface area contributed by atoms with Crippen molar-refractivity contribution in [2.75, 3.05) is 19.3 Å². The average Bonchev–Trinajstić information content (AvgIpc) is 2.89. The van der Waals surface area contributed by atoms with E-state index in [1.54, 1.807) is 0 Å². The summed E-state index contributed by atoms with van der Waals surface area (Å²) < 4.78 is 13.2. The maximum absolute atomic E-state index is 13.2. The van der Waals surface area contributed by atoms with Crippen molar-refractivity contribution in [2.24, 2.45) is 0 Å². The van der Waals surface area contributed by atoms with Gasteiger partial charge in [0, 0.05) is 19.3 Å². The number of nitrogen functional groups attached to an aromatic ring is 1. The standard InChI is InChI=1S/C13H16FN3O2/c1-16-12(18)11-3-2-6-17(11)13(19)9-7-8(14)4-5-10(9)15/h4-5,7,11H,2-3,6,15H2,1H3,(H,16,18). The van der Waals surface area contributed by atoms with E-state index >= 15 is 0 Å². The van der Waals surface area contributed by atoms with Gasteiger partial charge in [-0.15, -0.1) is 0 Å². The Hall–Kier alpha value is -2.11. The summed E-state index contributed by atoms with van der Waals surface area (Å²) in [4.78, 5) is 25.5. The molecule has 19 heavy (non-hydrogen) atoms. The summed E-state index contributed by atoms with van der Waals surface area (Å²) in [7, 11) is 1.53. The van der Waals surface area contributed by atoms with Crippen LogP contribution in [0.25, 0.3) is 0 Å². The summed E-state index contributed by atoms with van der Waals surface area (Å²) in [6, 6.07) is 3.16. The highest BCUT2D eigenvalue weighted by molar-refractivity contribution is 6.01. The molecule has 3 N–H and O–H groups in total. The SMILES string of the molecule is CNC(=O)C1CCCN1C(=O)c1cc(F)ccc1N. The molecule has 102 valence electrons. The molecule has 1 aromatic rings. The van der Waals surface area contributed by atoms with Gasteiger partial charge < -0.3 is 16.0 Å². The third kappa shape index (κ3) is 2.52. The Labute approximate surface area is 110 Å². The van der Waals surface area contributed by atoms with Crippen LogP contribution in [-0.2, 0) is 4.79 Å². The molecule has 0 aliphatic carbocycles. The van der Waals surface area contributed by atoms with Crippen molar-refractivity contribution in [3.63, 3.8) is 0 Å². The number of likely N-dealkylation sites (tertiary alicyclic amines) is 1. The number of hydrogen-bond donors (Lipinski definition) is 2. The molecule has 0 aromatic heterocycles. The number of hydrogen-bond acceptors (Lipinski definition) is 3. The minimum atomic E-state index is -0.520. The van der Waals surface area contributed by atoms with Gasteiger partial charge in [0.2, 0.25) is 5.91 Å². The van der Waals surface area contributed by atoms with Crippen molar-refractivity contribution in [3.8, 4) is 0 Å². The lowest BCUT2D eigenvalue weighted by Gasteiger charge is -2.24. The Morgan fingerprint density at radius 3 is 2.89 bits per heavy atom. The van der Waals surface area contributed by atoms with E-state index < -0.39 is 17.8 Å². The molecular formula is C13H16FN3O2. The second kappa shape index (κ2) is 5.26. The van der Waals surface area contributed by atoms with Crippen LogP contribution in [0.2, 0.25) is 0 Å². The molecule has 2 amide bonds. The highest BCUT2D eigenvalue weighted by atomic mass is 19.1. The third-order valence-corrected chi connectivity index (χ3v) is 3.31. The van der Waals surface area contributed by atoms with Gasteiger partial charge in [0.15, 0.2) is 0 Å². The number of amides is 2. The molecule has 1 unspecified atom stereocenters. The monoisotopic (exact) mass is 265 g/mol. The molecule has 5 nitrogen and oxygen atoms in total. The molecule has 1 aliphatic rings. The lowest BCUT2D eigenvalue weighted by Crippen LogP contribution is -2.45. The summed E-state index contributed by atoms with van der Waals surface area (Å²) in [5.41, 5.74) is 6.02. The Morgan fingerprint density at radius 1 is 1.47 bits per heavy atom. The van der Waals surface area contributed by atoms with E-state index in [9.17, 15) is 14.0 Å². The minimum Gasteiger partial charge on any atom is -0.398 e. The fourth-order valence-electron chi connectivity index (χ4n) is 2.32. The highest BCUT2D eigenvalue weighted by Crippen LogP contribution is 2.23. The van der Waals surface area contributed by atoms with E-state index in [1.165, 1.54) is 24.1 Å². The van der Waals surface area contributed by atoms with E-state index in [0.717, 1.165) is 12.5 Å². The zero-order chi connectivity index (χ0) is 14.0. The highest BCUT2D eigenvalue weighted by Gasteiger charge is 2.34. The number of nitrogens with two attached hydrogens (primary N) is 1. The number of nitrogens with one attached hydrogen (secondary N) is 1. The van der Waals surface area contributed by atoms with Crippen molar-refractivity contribution in [3.05, 3.63) is 29.6 Å². The van der Waals surface area contributed by atoms with Crippen LogP contribution < -0.4 is 11.1 Å². The maximum atomic E-state index is 13.2. The zero-order valence-electron chi connectivity index (χ0n) is 10.6. The lowest BCUT2D eigenvalue weighted by atomic mass is 10.1. The number of carbonyl (C=O) groups is 2. The van der Waals surface area contributed by atoms with Gasteiger partial charge in [0.1, 0.15) is 11.9 Å². The van der Waals surface area contributed by atoms with Gasteiger partial charge in [0.05, 0.1) is 5.56 Å². The van der Waals surface area contributed by atoms with Crippen molar-refractivity contribution in [1.82, 2.24) is 10.2 Å². The van der Waals surface area contributed by atoms with Crippen LogP contribution in [0.5, 0.6) is 0 Å². The van der Waals surface area contributed by atoms with Crippen molar-refractivity contribution >= 4 is 17.5 Å². The average molecular weight is 265 g/mol. The Kier molecular flexibility index (Phi) is 3.69. The van der Waals surface area contributed by atoms with Gasteiger partial charge >= 0.3 is 0 Å². The topological polar surface area (TPSA) is 75.4 Å². The fraction of sp³-hybridized carbons (Fsp3) is 0.385. The number of benzene rings is 1. The Bertz CT molecular complexity index is 519. The van der Waals surface area contributed by atoms with Gasteiger partial charge in [-0.1, -0.05) is 0 Å². The zero-order valence-corrected chi connectivity index (χ0v) is 10.6. The first-order valence-electron chi connectivity index (χ1n) is 6.12. The number of likely N-dealkylation sites (N-methyl/N-ethyl adjacent to an activating group) is 1. The summed E-state index contributed by atoms with van der Waals surface area (Å²) >= 11 is 0. The van der Waals surface area contributed by atoms with Gasteiger partial charge in [-0.3, -0.25) is 9.59 Å². The molecule has 1 atom stereocenters. The molecule has 0 saturated carbocycles. The molecule has 2 rings (SSSR count). The molecule has 1 aromatic carbocycles. The molecular weight excluding hydrogens is 249 g/mol.